The molecule has 0 atom stereocenters. The van der Waals surface area contributed by atoms with Gasteiger partial charge in [0, 0.05) is 0 Å². The van der Waals surface area contributed by atoms with Gasteiger partial charge in [-0.1, -0.05) is 32.4 Å². The molecule has 0 bridgehead atoms. The molecule has 1 aromatic carbocycles. The Bertz CT molecular complexity index is 1000. The number of aromatic nitrogens is 4. The Morgan fingerprint density at radius 1 is 1.19 bits per heavy atom. The fraction of sp³-hybridized carbons (Fsp3) is 0.312. The van der Waals surface area contributed by atoms with Crippen LogP contribution in [0.1, 0.15) is 31.4 Å². The first kappa shape index (κ1) is 19.7. The smallest absolute Gasteiger partial charge is 0.383 e. The van der Waals surface area contributed by atoms with E-state index in [1.165, 1.54) is 23.1 Å². The summed E-state index contributed by atoms with van der Waals surface area (Å²) in [4.78, 5) is 21.2. The zero-order valence-corrected chi connectivity index (χ0v) is 15.0. The van der Waals surface area contributed by atoms with Gasteiger partial charge in [-0.05, 0) is 29.9 Å². The summed E-state index contributed by atoms with van der Waals surface area (Å²) in [5.74, 6) is 0.170. The Balaban J connectivity index is 0.000000758. The van der Waals surface area contributed by atoms with Gasteiger partial charge in [-0.15, -0.1) is 0 Å². The number of imidazole rings is 1. The van der Waals surface area contributed by atoms with E-state index in [4.69, 9.17) is 18.0 Å². The number of rotatable bonds is 2. The lowest BCUT2D eigenvalue weighted by molar-refractivity contribution is -0.137. The second-order valence-corrected chi connectivity index (χ2v) is 5.96. The van der Waals surface area contributed by atoms with Crippen molar-refractivity contribution in [3.8, 4) is 0 Å². The van der Waals surface area contributed by atoms with E-state index >= 15 is 0 Å². The first-order valence-electron chi connectivity index (χ1n) is 7.81. The molecular weight excluding hydrogens is 367 g/mol. The maximum Gasteiger partial charge on any atom is 0.416 e. The van der Waals surface area contributed by atoms with Crippen LogP contribution < -0.4 is 11.4 Å². The minimum absolute atomic E-state index is 0.0438. The molecule has 0 amide bonds. The van der Waals surface area contributed by atoms with Crippen molar-refractivity contribution in [2.45, 2.75) is 33.0 Å². The summed E-state index contributed by atoms with van der Waals surface area (Å²) in [6.07, 6.45) is -3.15. The van der Waals surface area contributed by atoms with E-state index in [1.54, 1.807) is 0 Å². The molecule has 3 rings (SSSR count). The van der Waals surface area contributed by atoms with Crippen LogP contribution in [0, 0.1) is 4.77 Å². The Labute approximate surface area is 151 Å². The predicted molar refractivity (Wildman–Crippen MR) is 96.5 cm³/mol. The maximum atomic E-state index is 12.6. The molecule has 0 fully saturated rings. The Morgan fingerprint density at radius 2 is 1.77 bits per heavy atom. The summed E-state index contributed by atoms with van der Waals surface area (Å²) in [5, 5.41) is 0. The number of nitrogen functional groups attached to an aromatic ring is 1. The molecule has 3 aromatic rings. The van der Waals surface area contributed by atoms with Gasteiger partial charge in [0.15, 0.2) is 10.4 Å². The number of nitrogens with two attached hydrogens (primary N) is 1. The fourth-order valence-electron chi connectivity index (χ4n) is 2.20. The Morgan fingerprint density at radius 3 is 2.31 bits per heavy atom. The van der Waals surface area contributed by atoms with E-state index in [2.05, 4.69) is 28.8 Å². The number of aromatic amines is 2. The van der Waals surface area contributed by atoms with Crippen LogP contribution in [0.4, 0.5) is 19.0 Å². The van der Waals surface area contributed by atoms with Crippen LogP contribution >= 0.6 is 12.2 Å². The summed E-state index contributed by atoms with van der Waals surface area (Å²) >= 11 is 4.92. The van der Waals surface area contributed by atoms with Crippen molar-refractivity contribution < 1.29 is 13.2 Å². The van der Waals surface area contributed by atoms with Gasteiger partial charge in [-0.2, -0.15) is 18.2 Å². The van der Waals surface area contributed by atoms with Crippen LogP contribution in [0.2, 0.25) is 0 Å². The third kappa shape index (κ3) is 4.31. The monoisotopic (exact) mass is 385 g/mol. The van der Waals surface area contributed by atoms with E-state index in [0.717, 1.165) is 12.1 Å². The van der Waals surface area contributed by atoms with Gasteiger partial charge in [0.2, 0.25) is 0 Å². The van der Waals surface area contributed by atoms with Gasteiger partial charge in [0.1, 0.15) is 11.3 Å². The highest BCUT2D eigenvalue weighted by Gasteiger charge is 2.29. The first-order valence-corrected chi connectivity index (χ1v) is 8.22. The quantitative estimate of drug-likeness (QED) is 0.584. The summed E-state index contributed by atoms with van der Waals surface area (Å²) < 4.78 is 39.0. The number of benzene rings is 1. The average Bonchev–Trinajstić information content (AvgIpc) is 2.85. The molecule has 0 aliphatic rings. The third-order valence-electron chi connectivity index (χ3n) is 3.30. The van der Waals surface area contributed by atoms with Crippen LogP contribution in [0.15, 0.2) is 29.1 Å². The van der Waals surface area contributed by atoms with Gasteiger partial charge in [0.05, 0.1) is 12.1 Å². The highest BCUT2D eigenvalue weighted by Crippen LogP contribution is 2.29. The number of halogens is 3. The van der Waals surface area contributed by atoms with Crippen molar-refractivity contribution in [1.29, 1.82) is 0 Å². The first-order chi connectivity index (χ1) is 12.2. The summed E-state index contributed by atoms with van der Waals surface area (Å²) in [7, 11) is 0. The highest BCUT2D eigenvalue weighted by atomic mass is 32.1. The van der Waals surface area contributed by atoms with Crippen LogP contribution in [-0.2, 0) is 12.7 Å². The SMILES string of the molecule is CCC.Nc1[nH]c(=S)nc2c1[nH]c(=O)n2Cc1ccc(C(F)(F)F)cc1. The second-order valence-electron chi connectivity index (χ2n) is 5.57. The lowest BCUT2D eigenvalue weighted by atomic mass is 10.1. The molecule has 0 saturated carbocycles. The number of anilines is 1. The average molecular weight is 385 g/mol. The Hall–Kier alpha value is -2.62. The molecule has 6 nitrogen and oxygen atoms in total. The van der Waals surface area contributed by atoms with Crippen LogP contribution in [0.5, 0.6) is 0 Å². The molecule has 0 aliphatic carbocycles. The number of fused-ring (bicyclic) bond motifs is 1. The van der Waals surface area contributed by atoms with Crippen molar-refractivity contribution in [3.63, 3.8) is 0 Å². The van der Waals surface area contributed by atoms with E-state index in [1.807, 2.05) is 0 Å². The van der Waals surface area contributed by atoms with Crippen molar-refractivity contribution >= 4 is 29.2 Å². The van der Waals surface area contributed by atoms with Crippen LogP contribution in [0.3, 0.4) is 0 Å². The lowest BCUT2D eigenvalue weighted by Crippen LogP contribution is -2.18. The fourth-order valence-corrected chi connectivity index (χ4v) is 2.39. The molecule has 10 heteroatoms. The minimum Gasteiger partial charge on any atom is -0.383 e. The van der Waals surface area contributed by atoms with Gasteiger partial charge >= 0.3 is 11.9 Å². The molecule has 0 saturated heterocycles. The minimum atomic E-state index is -4.40. The van der Waals surface area contributed by atoms with Crippen molar-refractivity contribution in [2.24, 2.45) is 0 Å². The summed E-state index contributed by atoms with van der Waals surface area (Å²) in [6.45, 7) is 4.29. The summed E-state index contributed by atoms with van der Waals surface area (Å²) in [6, 6.07) is 4.54. The van der Waals surface area contributed by atoms with Crippen molar-refractivity contribution in [2.75, 3.05) is 5.73 Å². The van der Waals surface area contributed by atoms with E-state index < -0.39 is 17.4 Å². The van der Waals surface area contributed by atoms with Crippen LogP contribution in [0.25, 0.3) is 11.2 Å². The zero-order valence-electron chi connectivity index (χ0n) is 14.1. The summed E-state index contributed by atoms with van der Waals surface area (Å²) in [5.41, 5.74) is 5.56. The number of H-pyrrole nitrogens is 2. The molecule has 4 N–H and O–H groups in total. The number of nitrogens with zero attached hydrogens (tertiary/aromatic N) is 2. The standard InChI is InChI=1S/C13H10F3N5OS.C3H8/c14-13(15,16)7-3-1-6(2-4-7)5-21-10-8(18-12(21)22)9(17)19-11(23)20-10;1-3-2/h1-4H,5H2,(H,18,22)(H3,17,19,20,23);3H2,1-2H3. The molecule has 0 aliphatic heterocycles. The third-order valence-corrected chi connectivity index (χ3v) is 3.49. The van der Waals surface area contributed by atoms with E-state index in [-0.39, 0.29) is 22.8 Å². The topological polar surface area (TPSA) is 92.5 Å². The molecule has 0 unspecified atom stereocenters. The lowest BCUT2D eigenvalue weighted by Gasteiger charge is -2.08. The van der Waals surface area contributed by atoms with Crippen LogP contribution in [-0.4, -0.2) is 19.5 Å². The zero-order chi connectivity index (χ0) is 19.5. The van der Waals surface area contributed by atoms with Gasteiger partial charge < -0.3 is 15.7 Å². The number of hydrogen-bond acceptors (Lipinski definition) is 4. The maximum absolute atomic E-state index is 12.6. The molecular formula is C16H18F3N5OS. The molecule has 2 heterocycles. The largest absolute Gasteiger partial charge is 0.416 e. The molecule has 2 aromatic heterocycles. The van der Waals surface area contributed by atoms with Gasteiger partial charge in [0.25, 0.3) is 0 Å². The van der Waals surface area contributed by atoms with Crippen molar-refractivity contribution in [3.05, 3.63) is 50.6 Å². The normalized spacial score (nSPS) is 11.3. The number of hydrogen-bond donors (Lipinski definition) is 3. The molecule has 26 heavy (non-hydrogen) atoms. The van der Waals surface area contributed by atoms with Crippen molar-refractivity contribution in [1.82, 2.24) is 19.5 Å². The Kier molecular flexibility index (Phi) is 5.86. The highest BCUT2D eigenvalue weighted by molar-refractivity contribution is 7.71. The predicted octanol–water partition coefficient (Wildman–Crippen LogP) is 3.85. The van der Waals surface area contributed by atoms with Gasteiger partial charge in [-0.3, -0.25) is 4.57 Å². The van der Waals surface area contributed by atoms with E-state index in [9.17, 15) is 18.0 Å². The second kappa shape index (κ2) is 7.73. The molecule has 0 radical (unpaired) electrons. The number of nitrogens with one attached hydrogen (secondary N) is 2. The number of alkyl halides is 3. The molecule has 0 spiro atoms. The van der Waals surface area contributed by atoms with E-state index in [0.29, 0.717) is 11.1 Å². The molecule has 140 valence electrons. The van der Waals surface area contributed by atoms with Gasteiger partial charge in [-0.25, -0.2) is 4.79 Å².